The highest BCUT2D eigenvalue weighted by molar-refractivity contribution is 6.37. The van der Waals surface area contributed by atoms with Crippen LogP contribution in [0.5, 0.6) is 0 Å². The molecule has 0 aliphatic carbocycles. The first kappa shape index (κ1) is 22.3. The van der Waals surface area contributed by atoms with Gasteiger partial charge in [-0.3, -0.25) is 9.59 Å². The molecule has 0 bridgehead atoms. The third-order valence-electron chi connectivity index (χ3n) is 4.37. The molecule has 0 heterocycles. The molecule has 0 radical (unpaired) electrons. The van der Waals surface area contributed by atoms with E-state index in [0.29, 0.717) is 21.8 Å². The van der Waals surface area contributed by atoms with E-state index in [1.54, 1.807) is 42.6 Å². The van der Waals surface area contributed by atoms with Gasteiger partial charge < -0.3 is 10.2 Å². The Morgan fingerprint density at radius 1 is 0.903 bits per heavy atom. The molecule has 0 saturated heterocycles. The van der Waals surface area contributed by atoms with Gasteiger partial charge in [0.25, 0.3) is 11.8 Å². The van der Waals surface area contributed by atoms with Gasteiger partial charge in [0.05, 0.1) is 16.8 Å². The second-order valence-electron chi connectivity index (χ2n) is 6.84. The van der Waals surface area contributed by atoms with Crippen LogP contribution in [-0.4, -0.2) is 32.1 Å². The summed E-state index contributed by atoms with van der Waals surface area (Å²) in [7, 11) is 3.93. The number of amides is 2. The van der Waals surface area contributed by atoms with Gasteiger partial charge in [0.15, 0.2) is 0 Å². The highest BCUT2D eigenvalue weighted by Crippen LogP contribution is 2.22. The molecule has 31 heavy (non-hydrogen) atoms. The molecule has 3 rings (SSSR count). The van der Waals surface area contributed by atoms with Crippen LogP contribution in [0.3, 0.4) is 0 Å². The zero-order valence-corrected chi connectivity index (χ0v) is 18.4. The van der Waals surface area contributed by atoms with Crippen LogP contribution < -0.4 is 15.6 Å². The zero-order chi connectivity index (χ0) is 22.4. The Labute approximate surface area is 190 Å². The standard InChI is InChI=1S/C23H20Cl2N4O2/c1-29(2)19-10-3-15(4-11-19)14-26-28-22(30)16-5-8-18(9-6-16)27-23(31)20-12-7-17(24)13-21(20)25/h3-14H,1-2H3,(H,27,31)(H,28,30)/b26-14-. The third kappa shape index (κ3) is 6.07. The second-order valence-corrected chi connectivity index (χ2v) is 7.68. The predicted molar refractivity (Wildman–Crippen MR) is 127 cm³/mol. The average molecular weight is 455 g/mol. The summed E-state index contributed by atoms with van der Waals surface area (Å²) in [6.07, 6.45) is 1.57. The molecule has 6 nitrogen and oxygen atoms in total. The minimum Gasteiger partial charge on any atom is -0.378 e. The molecular weight excluding hydrogens is 435 g/mol. The number of hydrogen-bond donors (Lipinski definition) is 2. The summed E-state index contributed by atoms with van der Waals surface area (Å²) in [5.41, 5.74) is 5.66. The van der Waals surface area contributed by atoms with E-state index in [2.05, 4.69) is 15.8 Å². The maximum atomic E-state index is 12.4. The lowest BCUT2D eigenvalue weighted by Crippen LogP contribution is -2.18. The fourth-order valence-electron chi connectivity index (χ4n) is 2.67. The van der Waals surface area contributed by atoms with E-state index in [9.17, 15) is 9.59 Å². The smallest absolute Gasteiger partial charge is 0.271 e. The van der Waals surface area contributed by atoms with E-state index in [0.717, 1.165) is 11.3 Å². The number of hydrazone groups is 1. The van der Waals surface area contributed by atoms with Crippen molar-refractivity contribution in [2.75, 3.05) is 24.3 Å². The Hall–Kier alpha value is -3.35. The summed E-state index contributed by atoms with van der Waals surface area (Å²) in [4.78, 5) is 26.6. The van der Waals surface area contributed by atoms with Crippen molar-refractivity contribution < 1.29 is 9.59 Å². The van der Waals surface area contributed by atoms with E-state index < -0.39 is 0 Å². The zero-order valence-electron chi connectivity index (χ0n) is 16.9. The van der Waals surface area contributed by atoms with E-state index in [-0.39, 0.29) is 16.8 Å². The molecule has 0 aromatic heterocycles. The quantitative estimate of drug-likeness (QED) is 0.403. The number of nitrogens with one attached hydrogen (secondary N) is 2. The van der Waals surface area contributed by atoms with Crippen molar-refractivity contribution in [3.05, 3.63) is 93.5 Å². The number of hydrogen-bond acceptors (Lipinski definition) is 4. The van der Waals surface area contributed by atoms with Crippen LogP contribution in [0.1, 0.15) is 26.3 Å². The minimum absolute atomic E-state index is 0.259. The third-order valence-corrected chi connectivity index (χ3v) is 4.92. The van der Waals surface area contributed by atoms with Gasteiger partial charge in [-0.15, -0.1) is 0 Å². The number of halogens is 2. The molecule has 3 aromatic rings. The van der Waals surface area contributed by atoms with Crippen LogP contribution in [0.4, 0.5) is 11.4 Å². The second kappa shape index (κ2) is 10.1. The largest absolute Gasteiger partial charge is 0.378 e. The summed E-state index contributed by atoms with van der Waals surface area (Å²) in [5.74, 6) is -0.733. The van der Waals surface area contributed by atoms with Crippen molar-refractivity contribution in [2.45, 2.75) is 0 Å². The molecule has 0 unspecified atom stereocenters. The first-order valence-corrected chi connectivity index (χ1v) is 10.1. The Balaban J connectivity index is 1.57. The van der Waals surface area contributed by atoms with Gasteiger partial charge in [-0.1, -0.05) is 35.3 Å². The first-order valence-electron chi connectivity index (χ1n) is 9.31. The van der Waals surface area contributed by atoms with Gasteiger partial charge in [0, 0.05) is 36.1 Å². The summed E-state index contributed by atoms with van der Waals surface area (Å²) in [6.45, 7) is 0. The van der Waals surface area contributed by atoms with Crippen LogP contribution in [0.2, 0.25) is 10.0 Å². The van der Waals surface area contributed by atoms with Crippen molar-refractivity contribution in [3.8, 4) is 0 Å². The van der Waals surface area contributed by atoms with Gasteiger partial charge in [0.1, 0.15) is 0 Å². The van der Waals surface area contributed by atoms with Gasteiger partial charge in [-0.05, 0) is 60.2 Å². The highest BCUT2D eigenvalue weighted by atomic mass is 35.5. The molecule has 0 aliphatic heterocycles. The van der Waals surface area contributed by atoms with Crippen molar-refractivity contribution in [2.24, 2.45) is 5.10 Å². The van der Waals surface area contributed by atoms with Gasteiger partial charge >= 0.3 is 0 Å². The Morgan fingerprint density at radius 2 is 1.58 bits per heavy atom. The van der Waals surface area contributed by atoms with Crippen LogP contribution in [-0.2, 0) is 0 Å². The molecule has 0 spiro atoms. The molecule has 158 valence electrons. The predicted octanol–water partition coefficient (Wildman–Crippen LogP) is 5.08. The van der Waals surface area contributed by atoms with Gasteiger partial charge in [-0.25, -0.2) is 5.43 Å². The van der Waals surface area contributed by atoms with Crippen molar-refractivity contribution in [1.82, 2.24) is 5.43 Å². The Morgan fingerprint density at radius 3 is 2.19 bits per heavy atom. The first-order chi connectivity index (χ1) is 14.8. The molecule has 0 fully saturated rings. The van der Waals surface area contributed by atoms with Crippen molar-refractivity contribution >= 4 is 52.6 Å². The van der Waals surface area contributed by atoms with Gasteiger partial charge in [-0.2, -0.15) is 5.10 Å². The Kier molecular flexibility index (Phi) is 7.28. The van der Waals surface area contributed by atoms with E-state index in [1.807, 2.05) is 43.3 Å². The molecule has 0 saturated carbocycles. The number of anilines is 2. The lowest BCUT2D eigenvalue weighted by Gasteiger charge is -2.11. The topological polar surface area (TPSA) is 73.8 Å². The monoisotopic (exact) mass is 454 g/mol. The number of nitrogens with zero attached hydrogens (tertiary/aromatic N) is 2. The molecule has 2 N–H and O–H groups in total. The number of rotatable bonds is 6. The van der Waals surface area contributed by atoms with E-state index in [4.69, 9.17) is 23.2 Å². The molecule has 3 aromatic carbocycles. The lowest BCUT2D eigenvalue weighted by molar-refractivity contribution is 0.0954. The molecular formula is C23H20Cl2N4O2. The number of carbonyl (C=O) groups is 2. The highest BCUT2D eigenvalue weighted by Gasteiger charge is 2.11. The van der Waals surface area contributed by atoms with Crippen LogP contribution in [0.25, 0.3) is 0 Å². The molecule has 0 atom stereocenters. The lowest BCUT2D eigenvalue weighted by atomic mass is 10.1. The summed E-state index contributed by atoms with van der Waals surface area (Å²) < 4.78 is 0. The van der Waals surface area contributed by atoms with E-state index in [1.165, 1.54) is 6.07 Å². The average Bonchev–Trinajstić information content (AvgIpc) is 2.74. The Bertz CT molecular complexity index is 1110. The van der Waals surface area contributed by atoms with Crippen LogP contribution >= 0.6 is 23.2 Å². The minimum atomic E-state index is -0.372. The fourth-order valence-corrected chi connectivity index (χ4v) is 3.16. The number of carbonyl (C=O) groups excluding carboxylic acids is 2. The summed E-state index contributed by atoms with van der Waals surface area (Å²) in [6, 6.07) is 18.8. The van der Waals surface area contributed by atoms with E-state index >= 15 is 0 Å². The fraction of sp³-hybridized carbons (Fsp3) is 0.0870. The van der Waals surface area contributed by atoms with Crippen LogP contribution in [0.15, 0.2) is 71.8 Å². The molecule has 2 amide bonds. The summed E-state index contributed by atoms with van der Waals surface area (Å²) >= 11 is 11.9. The summed E-state index contributed by atoms with van der Waals surface area (Å²) in [5, 5.41) is 7.43. The SMILES string of the molecule is CN(C)c1ccc(/C=N\NC(=O)c2ccc(NC(=O)c3ccc(Cl)cc3Cl)cc2)cc1. The van der Waals surface area contributed by atoms with Crippen LogP contribution in [0, 0.1) is 0 Å². The molecule has 0 aliphatic rings. The molecule has 8 heteroatoms. The number of benzene rings is 3. The maximum Gasteiger partial charge on any atom is 0.271 e. The maximum absolute atomic E-state index is 12.4. The van der Waals surface area contributed by atoms with Gasteiger partial charge in [0.2, 0.25) is 0 Å². The normalized spacial score (nSPS) is 10.7. The van der Waals surface area contributed by atoms with Crippen molar-refractivity contribution in [3.63, 3.8) is 0 Å². The van der Waals surface area contributed by atoms with Crippen molar-refractivity contribution in [1.29, 1.82) is 0 Å².